The third kappa shape index (κ3) is 7.58. The molecule has 4 aromatic rings. The fraction of sp³-hybridized carbons (Fsp3) is 0.447. The topological polar surface area (TPSA) is 133 Å². The summed E-state index contributed by atoms with van der Waals surface area (Å²) in [6.07, 6.45) is 4.58. The number of benzene rings is 2. The fourth-order valence-corrected chi connectivity index (χ4v) is 7.81. The molecule has 2 aromatic carbocycles. The van der Waals surface area contributed by atoms with Crippen molar-refractivity contribution in [2.24, 2.45) is 13.0 Å². The lowest BCUT2D eigenvalue weighted by atomic mass is 9.85. The van der Waals surface area contributed by atoms with Crippen LogP contribution < -0.4 is 15.6 Å². The summed E-state index contributed by atoms with van der Waals surface area (Å²) in [5, 5.41) is 9.63. The van der Waals surface area contributed by atoms with Crippen LogP contribution in [0.15, 0.2) is 53.6 Å². The first-order valence-electron chi connectivity index (χ1n) is 17.8. The Bertz CT molecular complexity index is 2090. The first kappa shape index (κ1) is 36.3. The number of aryl methyl sites for hydroxylation is 1. The maximum absolute atomic E-state index is 15.7. The van der Waals surface area contributed by atoms with Gasteiger partial charge in [-0.15, -0.1) is 0 Å². The van der Waals surface area contributed by atoms with Crippen LogP contribution in [0, 0.1) is 11.7 Å². The Morgan fingerprint density at radius 3 is 2.47 bits per heavy atom. The lowest BCUT2D eigenvalue weighted by Gasteiger charge is -2.40. The van der Waals surface area contributed by atoms with Crippen LogP contribution in [0.1, 0.15) is 41.9 Å². The second-order valence-electron chi connectivity index (χ2n) is 14.3. The van der Waals surface area contributed by atoms with E-state index in [2.05, 4.69) is 15.5 Å². The number of H-pyrrole nitrogens is 1. The Morgan fingerprint density at radius 2 is 1.77 bits per heavy atom. The van der Waals surface area contributed by atoms with Crippen LogP contribution in [-0.4, -0.2) is 106 Å². The van der Waals surface area contributed by atoms with E-state index in [0.717, 1.165) is 5.56 Å². The van der Waals surface area contributed by atoms with E-state index in [9.17, 15) is 19.2 Å². The number of aromatic amines is 1. The standard InChI is InChI=1S/C38H42F3N7O5/c1-45-19-28(27-18-42-44-35(27)37(45)52)26-16-31(39)29(32(17-26)53-2)20-46-11-13-48(14-12-46)34(50)21-47-10-9-30(38(40,41)22-47)24-5-3-23(4-6-24)15-25-7-8-33(49)43-36(25)51/h3-6,16-19,25,30H,7-15,20-22H2,1-2H3,(H,42,44)(H,43,49,51). The van der Waals surface area contributed by atoms with Crippen molar-refractivity contribution in [1.29, 1.82) is 0 Å². The number of pyridine rings is 1. The maximum atomic E-state index is 15.7. The van der Waals surface area contributed by atoms with Gasteiger partial charge in [0.1, 0.15) is 17.1 Å². The molecule has 2 atom stereocenters. The number of aromatic nitrogens is 3. The van der Waals surface area contributed by atoms with E-state index >= 15 is 13.2 Å². The summed E-state index contributed by atoms with van der Waals surface area (Å²) in [6, 6.07) is 10.1. The molecule has 2 N–H and O–H groups in total. The lowest BCUT2D eigenvalue weighted by molar-refractivity contribution is -0.138. The molecule has 0 spiro atoms. The highest BCUT2D eigenvalue weighted by Gasteiger charge is 2.45. The molecular formula is C38H42F3N7O5. The van der Waals surface area contributed by atoms with Crippen LogP contribution in [0.3, 0.4) is 0 Å². The minimum atomic E-state index is -3.04. The first-order chi connectivity index (χ1) is 25.4. The fourth-order valence-electron chi connectivity index (χ4n) is 7.81. The van der Waals surface area contributed by atoms with Crippen molar-refractivity contribution >= 4 is 28.6 Å². The number of nitrogens with zero attached hydrogens (tertiary/aromatic N) is 5. The van der Waals surface area contributed by atoms with E-state index < -0.39 is 24.2 Å². The average Bonchev–Trinajstić information content (AvgIpc) is 3.63. The van der Waals surface area contributed by atoms with Gasteiger partial charge >= 0.3 is 0 Å². The Kier molecular flexibility index (Phi) is 10.1. The molecule has 53 heavy (non-hydrogen) atoms. The molecule has 2 aromatic heterocycles. The van der Waals surface area contributed by atoms with Gasteiger partial charge in [0, 0.05) is 74.8 Å². The SMILES string of the molecule is COc1cc(-c2cn(C)c(=O)c3[nH]ncc23)cc(F)c1CN1CCN(C(=O)CN2CCC(c3ccc(CC4CCC(=O)NC4=O)cc3)C(F)(F)C2)CC1. The van der Waals surface area contributed by atoms with Crippen LogP contribution in [0.4, 0.5) is 13.2 Å². The van der Waals surface area contributed by atoms with Crippen LogP contribution in [0.25, 0.3) is 22.0 Å². The number of piperazine rings is 1. The molecule has 7 rings (SSSR count). The summed E-state index contributed by atoms with van der Waals surface area (Å²) in [5.41, 5.74) is 3.00. The number of piperidine rings is 2. The molecule has 12 nitrogen and oxygen atoms in total. The zero-order valence-corrected chi connectivity index (χ0v) is 29.7. The summed E-state index contributed by atoms with van der Waals surface area (Å²) in [7, 11) is 3.09. The number of amides is 3. The van der Waals surface area contributed by atoms with E-state index in [1.807, 2.05) is 4.90 Å². The summed E-state index contributed by atoms with van der Waals surface area (Å²) in [5.74, 6) is -5.23. The van der Waals surface area contributed by atoms with Crippen molar-refractivity contribution in [2.75, 3.05) is 52.9 Å². The molecule has 0 radical (unpaired) electrons. The smallest absolute Gasteiger partial charge is 0.276 e. The van der Waals surface area contributed by atoms with Gasteiger partial charge in [-0.1, -0.05) is 24.3 Å². The van der Waals surface area contributed by atoms with Crippen molar-refractivity contribution in [1.82, 2.24) is 34.8 Å². The molecule has 0 bridgehead atoms. The van der Waals surface area contributed by atoms with Gasteiger partial charge in [0.2, 0.25) is 17.7 Å². The van der Waals surface area contributed by atoms with Crippen molar-refractivity contribution in [3.63, 3.8) is 0 Å². The molecule has 3 amide bonds. The largest absolute Gasteiger partial charge is 0.496 e. The van der Waals surface area contributed by atoms with Crippen LogP contribution in [0.2, 0.25) is 0 Å². The molecule has 3 saturated heterocycles. The van der Waals surface area contributed by atoms with Crippen LogP contribution in [0.5, 0.6) is 5.75 Å². The van der Waals surface area contributed by atoms with Gasteiger partial charge in [0.15, 0.2) is 0 Å². The number of ether oxygens (including phenoxy) is 1. The molecule has 280 valence electrons. The highest BCUT2D eigenvalue weighted by molar-refractivity contribution is 5.98. The predicted octanol–water partition coefficient (Wildman–Crippen LogP) is 3.44. The minimum Gasteiger partial charge on any atom is -0.496 e. The summed E-state index contributed by atoms with van der Waals surface area (Å²) in [4.78, 5) is 54.5. The van der Waals surface area contributed by atoms with Gasteiger partial charge in [-0.05, 0) is 54.6 Å². The molecule has 0 saturated carbocycles. The third-order valence-corrected chi connectivity index (χ3v) is 10.8. The number of likely N-dealkylation sites (tertiary alicyclic amines) is 1. The third-order valence-electron chi connectivity index (χ3n) is 10.8. The molecule has 5 heterocycles. The molecule has 3 fully saturated rings. The minimum absolute atomic E-state index is 0.105. The van der Waals surface area contributed by atoms with Crippen LogP contribution in [-0.2, 0) is 34.4 Å². The second-order valence-corrected chi connectivity index (χ2v) is 14.3. The van der Waals surface area contributed by atoms with Crippen molar-refractivity contribution in [3.8, 4) is 16.9 Å². The number of hydrogen-bond acceptors (Lipinski definition) is 8. The van der Waals surface area contributed by atoms with Gasteiger partial charge in [0.05, 0.1) is 32.3 Å². The summed E-state index contributed by atoms with van der Waals surface area (Å²) >= 11 is 0. The number of hydrogen-bond donors (Lipinski definition) is 2. The molecule has 0 aliphatic carbocycles. The predicted molar refractivity (Wildman–Crippen MR) is 190 cm³/mol. The monoisotopic (exact) mass is 733 g/mol. The quantitative estimate of drug-likeness (QED) is 0.250. The zero-order chi connectivity index (χ0) is 37.4. The van der Waals surface area contributed by atoms with E-state index in [1.165, 1.54) is 28.8 Å². The molecule has 3 aliphatic heterocycles. The van der Waals surface area contributed by atoms with Gasteiger partial charge in [0.25, 0.3) is 11.5 Å². The zero-order valence-electron chi connectivity index (χ0n) is 29.7. The van der Waals surface area contributed by atoms with Crippen molar-refractivity contribution in [2.45, 2.75) is 44.1 Å². The normalized spacial score (nSPS) is 21.2. The number of halogens is 3. The molecular weight excluding hydrogens is 691 g/mol. The highest BCUT2D eigenvalue weighted by Crippen LogP contribution is 2.40. The number of imide groups is 1. The second kappa shape index (κ2) is 14.8. The molecule has 3 aliphatic rings. The number of rotatable bonds is 9. The van der Waals surface area contributed by atoms with Gasteiger partial charge in [-0.2, -0.15) is 5.10 Å². The Morgan fingerprint density at radius 1 is 1.02 bits per heavy atom. The molecule has 2 unspecified atom stereocenters. The summed E-state index contributed by atoms with van der Waals surface area (Å²) < 4.78 is 53.7. The van der Waals surface area contributed by atoms with E-state index in [1.54, 1.807) is 48.5 Å². The van der Waals surface area contributed by atoms with Crippen molar-refractivity contribution < 1.29 is 32.3 Å². The molecule has 15 heteroatoms. The number of carbonyl (C=O) groups is 3. The number of methoxy groups -OCH3 is 1. The Labute approximate surface area is 303 Å². The van der Waals surface area contributed by atoms with Crippen LogP contribution >= 0.6 is 0 Å². The number of carbonyl (C=O) groups excluding carboxylic acids is 3. The van der Waals surface area contributed by atoms with E-state index in [-0.39, 0.29) is 48.7 Å². The van der Waals surface area contributed by atoms with E-state index in [4.69, 9.17) is 4.74 Å². The van der Waals surface area contributed by atoms with Gasteiger partial charge < -0.3 is 14.2 Å². The number of fused-ring (bicyclic) bond motifs is 1. The van der Waals surface area contributed by atoms with Gasteiger partial charge in [-0.3, -0.25) is 39.4 Å². The highest BCUT2D eigenvalue weighted by atomic mass is 19.3. The maximum Gasteiger partial charge on any atom is 0.276 e. The van der Waals surface area contributed by atoms with E-state index in [0.29, 0.717) is 90.9 Å². The van der Waals surface area contributed by atoms with Crippen molar-refractivity contribution in [3.05, 3.63) is 81.7 Å². The lowest BCUT2D eigenvalue weighted by Crippen LogP contribution is -2.54. The summed E-state index contributed by atoms with van der Waals surface area (Å²) in [6.45, 7) is 1.70. The Hall–Kier alpha value is -5.02. The first-order valence-corrected chi connectivity index (χ1v) is 17.8. The van der Waals surface area contributed by atoms with Gasteiger partial charge in [-0.25, -0.2) is 13.2 Å². The number of nitrogens with one attached hydrogen (secondary N) is 2. The number of alkyl halides is 2. The Balaban J connectivity index is 0.917. The average molecular weight is 734 g/mol.